The highest BCUT2D eigenvalue weighted by Gasteiger charge is 2.24. The second-order valence-electron chi connectivity index (χ2n) is 5.70. The van der Waals surface area contributed by atoms with Gasteiger partial charge in [-0.05, 0) is 23.1 Å². The van der Waals surface area contributed by atoms with E-state index in [1.54, 1.807) is 19.2 Å². The van der Waals surface area contributed by atoms with Gasteiger partial charge in [-0.1, -0.05) is 32.9 Å². The molecule has 3 N–H and O–H groups in total. The van der Waals surface area contributed by atoms with E-state index in [9.17, 15) is 4.79 Å². The van der Waals surface area contributed by atoms with E-state index in [1.165, 1.54) is 0 Å². The van der Waals surface area contributed by atoms with Gasteiger partial charge in [0, 0.05) is 25.8 Å². The average molecular weight is 301 g/mol. The van der Waals surface area contributed by atoms with Gasteiger partial charge in [0.2, 0.25) is 0 Å². The van der Waals surface area contributed by atoms with Crippen LogP contribution in [0.4, 0.5) is 0 Å². The zero-order valence-corrected chi connectivity index (χ0v) is 13.4. The number of hydrogen-bond acceptors (Lipinski definition) is 3. The number of methoxy groups -OCH3 is 1. The summed E-state index contributed by atoms with van der Waals surface area (Å²) >= 11 is 0. The van der Waals surface area contributed by atoms with Gasteiger partial charge in [-0.2, -0.15) is 0 Å². The minimum Gasteiger partial charge on any atom is -0.379 e. The molecule has 5 heteroatoms. The number of hydrogen-bond donors (Lipinski definition) is 2. The molecule has 0 heterocycles. The number of nitrogens with two attached hydrogens (primary N) is 1. The van der Waals surface area contributed by atoms with Gasteiger partial charge in [0.05, 0.1) is 6.10 Å². The van der Waals surface area contributed by atoms with E-state index in [4.69, 9.17) is 10.5 Å². The van der Waals surface area contributed by atoms with Crippen LogP contribution < -0.4 is 11.1 Å². The first kappa shape index (κ1) is 18.9. The van der Waals surface area contributed by atoms with E-state index in [0.717, 1.165) is 5.56 Å². The molecule has 0 saturated heterocycles. The summed E-state index contributed by atoms with van der Waals surface area (Å²) in [5, 5.41) is 2.90. The van der Waals surface area contributed by atoms with Crippen molar-refractivity contribution in [3.63, 3.8) is 0 Å². The predicted molar refractivity (Wildman–Crippen MR) is 84.2 cm³/mol. The zero-order chi connectivity index (χ0) is 14.5. The SMILES string of the molecule is COC(CNC(=O)c1ccc(CN)cc1)C(C)(C)C.Cl. The maximum Gasteiger partial charge on any atom is 0.251 e. The fraction of sp³-hybridized carbons (Fsp3) is 0.533. The molecule has 1 unspecified atom stereocenters. The molecule has 0 aromatic heterocycles. The number of rotatable bonds is 5. The highest BCUT2D eigenvalue weighted by atomic mass is 35.5. The molecule has 0 aliphatic carbocycles. The second kappa shape index (κ2) is 8.25. The first-order valence-electron chi connectivity index (χ1n) is 6.48. The van der Waals surface area contributed by atoms with Gasteiger partial charge in [-0.3, -0.25) is 4.79 Å². The van der Waals surface area contributed by atoms with Gasteiger partial charge < -0.3 is 15.8 Å². The van der Waals surface area contributed by atoms with Crippen LogP contribution >= 0.6 is 12.4 Å². The predicted octanol–water partition coefficient (Wildman–Crippen LogP) is 2.36. The summed E-state index contributed by atoms with van der Waals surface area (Å²) in [6, 6.07) is 7.31. The molecule has 1 aromatic rings. The van der Waals surface area contributed by atoms with Crippen molar-refractivity contribution in [1.29, 1.82) is 0 Å². The summed E-state index contributed by atoms with van der Waals surface area (Å²) in [5.74, 6) is -0.0881. The standard InChI is InChI=1S/C15H24N2O2.ClH/c1-15(2,3)13(19-4)10-17-14(18)12-7-5-11(9-16)6-8-12;/h5-8,13H,9-10,16H2,1-4H3,(H,17,18);1H. The number of carbonyl (C=O) groups excluding carboxylic acids is 1. The summed E-state index contributed by atoms with van der Waals surface area (Å²) in [4.78, 5) is 12.0. The zero-order valence-electron chi connectivity index (χ0n) is 12.6. The Morgan fingerprint density at radius 1 is 1.30 bits per heavy atom. The smallest absolute Gasteiger partial charge is 0.251 e. The molecule has 114 valence electrons. The fourth-order valence-electron chi connectivity index (χ4n) is 1.82. The van der Waals surface area contributed by atoms with Crippen molar-refractivity contribution < 1.29 is 9.53 Å². The van der Waals surface area contributed by atoms with Crippen LogP contribution in [0.2, 0.25) is 0 Å². The van der Waals surface area contributed by atoms with Crippen molar-refractivity contribution in [1.82, 2.24) is 5.32 Å². The van der Waals surface area contributed by atoms with Crippen molar-refractivity contribution >= 4 is 18.3 Å². The van der Waals surface area contributed by atoms with Crippen LogP contribution in [0, 0.1) is 5.41 Å². The van der Waals surface area contributed by atoms with Crippen molar-refractivity contribution in [2.75, 3.05) is 13.7 Å². The van der Waals surface area contributed by atoms with Crippen molar-refractivity contribution in [2.45, 2.75) is 33.4 Å². The van der Waals surface area contributed by atoms with E-state index >= 15 is 0 Å². The second-order valence-corrected chi connectivity index (χ2v) is 5.70. The van der Waals surface area contributed by atoms with E-state index in [2.05, 4.69) is 26.1 Å². The third-order valence-electron chi connectivity index (χ3n) is 3.15. The summed E-state index contributed by atoms with van der Waals surface area (Å²) < 4.78 is 5.41. The molecule has 0 aliphatic rings. The molecule has 1 atom stereocenters. The Kier molecular flexibility index (Phi) is 7.79. The van der Waals surface area contributed by atoms with Crippen LogP contribution in [0.3, 0.4) is 0 Å². The van der Waals surface area contributed by atoms with Crippen molar-refractivity contribution in [3.05, 3.63) is 35.4 Å². The first-order chi connectivity index (χ1) is 8.88. The molecule has 0 spiro atoms. The van der Waals surface area contributed by atoms with Gasteiger partial charge in [0.1, 0.15) is 0 Å². The highest BCUT2D eigenvalue weighted by molar-refractivity contribution is 5.94. The Balaban J connectivity index is 0.00000361. The van der Waals surface area contributed by atoms with Crippen LogP contribution in [0.25, 0.3) is 0 Å². The van der Waals surface area contributed by atoms with Crippen LogP contribution in [-0.2, 0) is 11.3 Å². The summed E-state index contributed by atoms with van der Waals surface area (Å²) in [6.07, 6.45) is -0.0141. The molecule has 1 amide bonds. The number of carbonyl (C=O) groups is 1. The van der Waals surface area contributed by atoms with Gasteiger partial charge in [0.15, 0.2) is 0 Å². The lowest BCUT2D eigenvalue weighted by atomic mass is 9.89. The third kappa shape index (κ3) is 5.49. The molecule has 0 radical (unpaired) electrons. The number of halogens is 1. The van der Waals surface area contributed by atoms with Crippen molar-refractivity contribution in [2.24, 2.45) is 11.1 Å². The average Bonchev–Trinajstić information content (AvgIpc) is 2.37. The Hall–Kier alpha value is -1.10. The lowest BCUT2D eigenvalue weighted by Gasteiger charge is -2.29. The largest absolute Gasteiger partial charge is 0.379 e. The van der Waals surface area contributed by atoms with Crippen LogP contribution in [-0.4, -0.2) is 25.7 Å². The van der Waals surface area contributed by atoms with Gasteiger partial charge in [-0.15, -0.1) is 12.4 Å². The molecule has 0 fully saturated rings. The van der Waals surface area contributed by atoms with Crippen LogP contribution in [0.15, 0.2) is 24.3 Å². The minimum absolute atomic E-state index is 0. The highest BCUT2D eigenvalue weighted by Crippen LogP contribution is 2.21. The summed E-state index contributed by atoms with van der Waals surface area (Å²) in [5.41, 5.74) is 7.17. The summed E-state index contributed by atoms with van der Waals surface area (Å²) in [7, 11) is 1.66. The summed E-state index contributed by atoms with van der Waals surface area (Å²) in [6.45, 7) is 7.24. The van der Waals surface area contributed by atoms with Gasteiger partial charge in [-0.25, -0.2) is 0 Å². The third-order valence-corrected chi connectivity index (χ3v) is 3.15. The fourth-order valence-corrected chi connectivity index (χ4v) is 1.82. The Labute approximate surface area is 127 Å². The quantitative estimate of drug-likeness (QED) is 0.877. The molecule has 0 saturated carbocycles. The number of nitrogens with one attached hydrogen (secondary N) is 1. The molecule has 1 rings (SSSR count). The molecule has 4 nitrogen and oxygen atoms in total. The molecule has 0 aliphatic heterocycles. The van der Waals surface area contributed by atoms with Gasteiger partial charge in [0.25, 0.3) is 5.91 Å². The maximum absolute atomic E-state index is 12.0. The normalized spacial score (nSPS) is 12.4. The van der Waals surface area contributed by atoms with Crippen LogP contribution in [0.1, 0.15) is 36.7 Å². The number of benzene rings is 1. The number of amides is 1. The maximum atomic E-state index is 12.0. The molecule has 1 aromatic carbocycles. The molecular weight excluding hydrogens is 276 g/mol. The number of ether oxygens (including phenoxy) is 1. The van der Waals surface area contributed by atoms with Gasteiger partial charge >= 0.3 is 0 Å². The molecular formula is C15H25ClN2O2. The van der Waals surface area contributed by atoms with Crippen molar-refractivity contribution in [3.8, 4) is 0 Å². The minimum atomic E-state index is -0.0881. The Morgan fingerprint density at radius 2 is 1.85 bits per heavy atom. The molecule has 20 heavy (non-hydrogen) atoms. The lowest BCUT2D eigenvalue weighted by Crippen LogP contribution is -2.40. The monoisotopic (exact) mass is 300 g/mol. The van der Waals surface area contributed by atoms with E-state index in [-0.39, 0.29) is 29.8 Å². The van der Waals surface area contributed by atoms with E-state index in [1.807, 2.05) is 12.1 Å². The Bertz CT molecular complexity index is 413. The lowest BCUT2D eigenvalue weighted by molar-refractivity contribution is 0.0176. The molecule has 0 bridgehead atoms. The Morgan fingerprint density at radius 3 is 2.25 bits per heavy atom. The van der Waals surface area contributed by atoms with E-state index in [0.29, 0.717) is 18.7 Å². The topological polar surface area (TPSA) is 64.3 Å². The van der Waals surface area contributed by atoms with E-state index < -0.39 is 0 Å². The van der Waals surface area contributed by atoms with Crippen LogP contribution in [0.5, 0.6) is 0 Å². The first-order valence-corrected chi connectivity index (χ1v) is 6.48.